The molecule has 0 amide bonds. The lowest BCUT2D eigenvalue weighted by Crippen LogP contribution is -2.14. The third kappa shape index (κ3) is 2.69. The highest BCUT2D eigenvalue weighted by Gasteiger charge is 2.28. The Hall–Kier alpha value is -0.610. The van der Waals surface area contributed by atoms with Gasteiger partial charge in [-0.05, 0) is 17.5 Å². The monoisotopic (exact) mass is 291 g/mol. The number of halogens is 2. The van der Waals surface area contributed by atoms with Crippen LogP contribution in [0.1, 0.15) is 26.3 Å². The van der Waals surface area contributed by atoms with Gasteiger partial charge in [-0.2, -0.15) is 0 Å². The minimum atomic E-state index is -0.435. The lowest BCUT2D eigenvalue weighted by atomic mass is 9.86. The number of nitro benzene ring substituents is 1. The highest BCUT2D eigenvalue weighted by atomic mass is 79.9. The Balaban J connectivity index is 3.54. The first-order valence-corrected chi connectivity index (χ1v) is 5.54. The maximum atomic E-state index is 10.9. The summed E-state index contributed by atoms with van der Waals surface area (Å²) in [6.07, 6.45) is 0. The molecule has 0 heterocycles. The first kappa shape index (κ1) is 12.5. The van der Waals surface area contributed by atoms with E-state index < -0.39 is 4.92 Å². The van der Waals surface area contributed by atoms with Crippen molar-refractivity contribution in [1.29, 1.82) is 0 Å². The van der Waals surface area contributed by atoms with Crippen molar-refractivity contribution in [2.24, 2.45) is 0 Å². The molecule has 5 heteroatoms. The first-order valence-electron chi connectivity index (χ1n) is 4.37. The molecule has 1 aromatic rings. The quantitative estimate of drug-likeness (QED) is 0.572. The Morgan fingerprint density at radius 2 is 1.93 bits per heavy atom. The molecule has 0 aliphatic carbocycles. The van der Waals surface area contributed by atoms with Crippen LogP contribution in [0.15, 0.2) is 16.6 Å². The second-order valence-electron chi connectivity index (χ2n) is 4.29. The zero-order valence-corrected chi connectivity index (χ0v) is 11.0. The molecule has 15 heavy (non-hydrogen) atoms. The predicted octanol–water partition coefficient (Wildman–Crippen LogP) is 4.31. The molecule has 1 aromatic carbocycles. The predicted molar refractivity (Wildman–Crippen MR) is 64.5 cm³/mol. The summed E-state index contributed by atoms with van der Waals surface area (Å²) in [5.74, 6) is 0. The van der Waals surface area contributed by atoms with E-state index in [1.165, 1.54) is 6.07 Å². The van der Waals surface area contributed by atoms with Gasteiger partial charge in [-0.1, -0.05) is 48.3 Å². The van der Waals surface area contributed by atoms with Crippen LogP contribution in [0.4, 0.5) is 5.69 Å². The van der Waals surface area contributed by atoms with Crippen molar-refractivity contribution in [3.8, 4) is 0 Å². The molecule has 0 radical (unpaired) electrons. The molecule has 0 aliphatic heterocycles. The van der Waals surface area contributed by atoms with Crippen LogP contribution < -0.4 is 0 Å². The summed E-state index contributed by atoms with van der Waals surface area (Å²) in [5, 5.41) is 11.1. The molecular formula is C10H11BrClNO2. The molecular weight excluding hydrogens is 281 g/mol. The number of hydrogen-bond acceptors (Lipinski definition) is 2. The number of hydrogen-bond donors (Lipinski definition) is 0. The first-order chi connectivity index (χ1) is 6.73. The molecule has 0 spiro atoms. The Morgan fingerprint density at radius 1 is 1.40 bits per heavy atom. The van der Waals surface area contributed by atoms with E-state index in [0.29, 0.717) is 5.56 Å². The molecule has 1 rings (SSSR count). The van der Waals surface area contributed by atoms with E-state index in [1.807, 2.05) is 20.8 Å². The lowest BCUT2D eigenvalue weighted by molar-refractivity contribution is -0.385. The summed E-state index contributed by atoms with van der Waals surface area (Å²) < 4.78 is 0.753. The number of nitrogens with zero attached hydrogens (tertiary/aromatic N) is 1. The topological polar surface area (TPSA) is 43.1 Å². The average molecular weight is 293 g/mol. The van der Waals surface area contributed by atoms with Crippen molar-refractivity contribution >= 4 is 33.2 Å². The minimum Gasteiger partial charge on any atom is -0.258 e. The molecule has 3 nitrogen and oxygen atoms in total. The summed E-state index contributed by atoms with van der Waals surface area (Å²) in [6, 6.07) is 3.28. The Labute approximate surface area is 102 Å². The van der Waals surface area contributed by atoms with E-state index in [4.69, 9.17) is 11.6 Å². The fraction of sp³-hybridized carbons (Fsp3) is 0.400. The normalized spacial score (nSPS) is 11.5. The SMILES string of the molecule is CC(C)(C)c1cc(Br)cc(Cl)c1[N+](=O)[O-]. The number of benzene rings is 1. The van der Waals surface area contributed by atoms with Gasteiger partial charge >= 0.3 is 0 Å². The van der Waals surface area contributed by atoms with E-state index in [0.717, 1.165) is 4.47 Å². The molecule has 0 N–H and O–H groups in total. The second kappa shape index (κ2) is 4.10. The van der Waals surface area contributed by atoms with E-state index in [-0.39, 0.29) is 16.1 Å². The molecule has 0 aromatic heterocycles. The van der Waals surface area contributed by atoms with Crippen molar-refractivity contribution < 1.29 is 4.92 Å². The van der Waals surface area contributed by atoms with Gasteiger partial charge in [-0.3, -0.25) is 10.1 Å². The van der Waals surface area contributed by atoms with Crippen LogP contribution in [-0.4, -0.2) is 4.92 Å². The van der Waals surface area contributed by atoms with Gasteiger partial charge in [-0.25, -0.2) is 0 Å². The van der Waals surface area contributed by atoms with Gasteiger partial charge in [0.15, 0.2) is 0 Å². The Kier molecular flexibility index (Phi) is 3.41. The van der Waals surface area contributed by atoms with Gasteiger partial charge in [0.1, 0.15) is 5.02 Å². The van der Waals surface area contributed by atoms with Crippen molar-refractivity contribution in [2.45, 2.75) is 26.2 Å². The molecule has 0 saturated carbocycles. The smallest absolute Gasteiger partial charge is 0.258 e. The van der Waals surface area contributed by atoms with Crippen LogP contribution in [0.3, 0.4) is 0 Å². The summed E-state index contributed by atoms with van der Waals surface area (Å²) in [7, 11) is 0. The molecule has 0 bridgehead atoms. The van der Waals surface area contributed by atoms with E-state index in [1.54, 1.807) is 6.07 Å². The zero-order valence-electron chi connectivity index (χ0n) is 8.67. The maximum absolute atomic E-state index is 10.9. The van der Waals surface area contributed by atoms with Crippen LogP contribution in [0, 0.1) is 10.1 Å². The van der Waals surface area contributed by atoms with Gasteiger partial charge in [0.25, 0.3) is 5.69 Å². The standard InChI is InChI=1S/C10H11BrClNO2/c1-10(2,3)7-4-6(11)5-8(12)9(7)13(14)15/h4-5H,1-3H3. The summed E-state index contributed by atoms with van der Waals surface area (Å²) >= 11 is 9.15. The van der Waals surface area contributed by atoms with Crippen LogP contribution >= 0.6 is 27.5 Å². The third-order valence-electron chi connectivity index (χ3n) is 2.02. The molecule has 0 unspecified atom stereocenters. The van der Waals surface area contributed by atoms with E-state index >= 15 is 0 Å². The van der Waals surface area contributed by atoms with Crippen molar-refractivity contribution in [3.05, 3.63) is 37.3 Å². The van der Waals surface area contributed by atoms with Crippen molar-refractivity contribution in [2.75, 3.05) is 0 Å². The van der Waals surface area contributed by atoms with Gasteiger partial charge < -0.3 is 0 Å². The fourth-order valence-corrected chi connectivity index (χ4v) is 2.20. The summed E-state index contributed by atoms with van der Waals surface area (Å²) in [4.78, 5) is 10.5. The Morgan fingerprint density at radius 3 is 2.33 bits per heavy atom. The molecule has 0 atom stereocenters. The van der Waals surface area contributed by atoms with E-state index in [9.17, 15) is 10.1 Å². The van der Waals surface area contributed by atoms with Gasteiger partial charge in [0.2, 0.25) is 0 Å². The molecule has 82 valence electrons. The Bertz CT molecular complexity index is 413. The highest BCUT2D eigenvalue weighted by Crippen LogP contribution is 2.38. The van der Waals surface area contributed by atoms with E-state index in [2.05, 4.69) is 15.9 Å². The van der Waals surface area contributed by atoms with Crippen LogP contribution in [0.5, 0.6) is 0 Å². The van der Waals surface area contributed by atoms with Gasteiger partial charge in [0, 0.05) is 10.0 Å². The summed E-state index contributed by atoms with van der Waals surface area (Å²) in [6.45, 7) is 5.74. The van der Waals surface area contributed by atoms with Gasteiger partial charge in [0.05, 0.1) is 4.92 Å². The zero-order chi connectivity index (χ0) is 11.8. The van der Waals surface area contributed by atoms with Crippen molar-refractivity contribution in [3.63, 3.8) is 0 Å². The third-order valence-corrected chi connectivity index (χ3v) is 2.76. The highest BCUT2D eigenvalue weighted by molar-refractivity contribution is 9.10. The number of rotatable bonds is 1. The van der Waals surface area contributed by atoms with Crippen molar-refractivity contribution in [1.82, 2.24) is 0 Å². The second-order valence-corrected chi connectivity index (χ2v) is 5.61. The van der Waals surface area contributed by atoms with Crippen LogP contribution in [0.2, 0.25) is 5.02 Å². The summed E-state index contributed by atoms with van der Waals surface area (Å²) in [5.41, 5.74) is 0.315. The lowest BCUT2D eigenvalue weighted by Gasteiger charge is -2.19. The van der Waals surface area contributed by atoms with Gasteiger partial charge in [-0.15, -0.1) is 0 Å². The number of nitro groups is 1. The van der Waals surface area contributed by atoms with Crippen LogP contribution in [0.25, 0.3) is 0 Å². The maximum Gasteiger partial charge on any atom is 0.291 e. The fourth-order valence-electron chi connectivity index (χ4n) is 1.32. The molecule has 0 saturated heterocycles. The van der Waals surface area contributed by atoms with Crippen LogP contribution in [-0.2, 0) is 5.41 Å². The molecule has 0 fully saturated rings. The average Bonchev–Trinajstić information content (AvgIpc) is 1.99. The minimum absolute atomic E-state index is 0.00707. The largest absolute Gasteiger partial charge is 0.291 e. The molecule has 0 aliphatic rings.